The van der Waals surface area contributed by atoms with E-state index in [4.69, 9.17) is 24.7 Å². The number of methoxy groups -OCH3 is 1. The van der Waals surface area contributed by atoms with Crippen LogP contribution in [0.25, 0.3) is 0 Å². The lowest BCUT2D eigenvalue weighted by atomic mass is 9.89. The number of allylic oxidation sites excluding steroid dienone is 3. The Bertz CT molecular complexity index is 618. The average Bonchev–Trinajstić information content (AvgIpc) is 2.62. The molecule has 0 saturated heterocycles. The third-order valence-corrected chi connectivity index (χ3v) is 4.16. The van der Waals surface area contributed by atoms with Gasteiger partial charge in [-0.05, 0) is 56.5 Å². The van der Waals surface area contributed by atoms with Crippen molar-refractivity contribution in [2.75, 3.05) is 32.7 Å². The third-order valence-electron chi connectivity index (χ3n) is 4.16. The predicted molar refractivity (Wildman–Crippen MR) is 99.7 cm³/mol. The van der Waals surface area contributed by atoms with Gasteiger partial charge in [0.05, 0.1) is 7.11 Å². The minimum Gasteiger partial charge on any atom is -0.497 e. The molecule has 5 heteroatoms. The van der Waals surface area contributed by atoms with Gasteiger partial charge in [-0.3, -0.25) is 0 Å². The summed E-state index contributed by atoms with van der Waals surface area (Å²) in [6.07, 6.45) is 6.71. The summed E-state index contributed by atoms with van der Waals surface area (Å²) in [6, 6.07) is 3.99. The number of nitrogen functional groups attached to an aromatic ring is 1. The average molecular weight is 347 g/mol. The molecule has 1 unspecified atom stereocenters. The highest BCUT2D eigenvalue weighted by Crippen LogP contribution is 2.34. The van der Waals surface area contributed by atoms with E-state index in [0.29, 0.717) is 19.8 Å². The Morgan fingerprint density at radius 3 is 2.48 bits per heavy atom. The number of rotatable bonds is 9. The van der Waals surface area contributed by atoms with Crippen LogP contribution in [0.4, 0.5) is 5.69 Å². The number of aryl methyl sites for hydroxylation is 1. The van der Waals surface area contributed by atoms with E-state index in [-0.39, 0.29) is 12.2 Å². The number of anilines is 1. The first-order chi connectivity index (χ1) is 12.1. The highest BCUT2D eigenvalue weighted by atomic mass is 16.7. The highest BCUT2D eigenvalue weighted by molar-refractivity contribution is 5.57. The summed E-state index contributed by atoms with van der Waals surface area (Å²) in [5.41, 5.74) is 9.17. The molecule has 0 fully saturated rings. The number of benzene rings is 1. The van der Waals surface area contributed by atoms with Gasteiger partial charge in [0.25, 0.3) is 0 Å². The smallest absolute Gasteiger partial charge is 0.191 e. The number of ether oxygens (including phenoxy) is 4. The Morgan fingerprint density at radius 1 is 1.20 bits per heavy atom. The zero-order valence-corrected chi connectivity index (χ0v) is 15.6. The van der Waals surface area contributed by atoms with E-state index < -0.39 is 0 Å². The second-order valence-corrected chi connectivity index (χ2v) is 5.91. The molecule has 1 aromatic carbocycles. The predicted octanol–water partition coefficient (Wildman–Crippen LogP) is 3.93. The van der Waals surface area contributed by atoms with Crippen molar-refractivity contribution < 1.29 is 18.9 Å². The second-order valence-electron chi connectivity index (χ2n) is 5.91. The maximum absolute atomic E-state index is 6.28. The van der Waals surface area contributed by atoms with Gasteiger partial charge in [0, 0.05) is 30.9 Å². The van der Waals surface area contributed by atoms with Gasteiger partial charge >= 0.3 is 0 Å². The van der Waals surface area contributed by atoms with Crippen LogP contribution >= 0.6 is 0 Å². The van der Waals surface area contributed by atoms with Gasteiger partial charge in [0.1, 0.15) is 18.1 Å². The SMILES string of the molecule is CCOC(COc1cc(N)c(C2C=CC(OC)=CC2)cc1C)OCC. The first-order valence-corrected chi connectivity index (χ1v) is 8.77. The lowest BCUT2D eigenvalue weighted by molar-refractivity contribution is -0.152. The number of hydrogen-bond donors (Lipinski definition) is 1. The zero-order chi connectivity index (χ0) is 18.2. The van der Waals surface area contributed by atoms with Crippen LogP contribution in [0.5, 0.6) is 5.75 Å². The Hall–Kier alpha value is -1.98. The van der Waals surface area contributed by atoms with Crippen LogP contribution < -0.4 is 10.5 Å². The molecule has 0 saturated carbocycles. The van der Waals surface area contributed by atoms with Crippen LogP contribution in [0, 0.1) is 6.92 Å². The Balaban J connectivity index is 2.07. The minimum atomic E-state index is -0.366. The molecule has 0 bridgehead atoms. The molecule has 0 aliphatic heterocycles. The summed E-state index contributed by atoms with van der Waals surface area (Å²) in [7, 11) is 1.68. The van der Waals surface area contributed by atoms with Crippen molar-refractivity contribution in [1.82, 2.24) is 0 Å². The first kappa shape index (κ1) is 19.3. The number of hydrogen-bond acceptors (Lipinski definition) is 5. The van der Waals surface area contributed by atoms with Crippen LogP contribution in [0.1, 0.15) is 37.3 Å². The lowest BCUT2D eigenvalue weighted by Gasteiger charge is -2.21. The van der Waals surface area contributed by atoms with E-state index in [1.54, 1.807) is 7.11 Å². The van der Waals surface area contributed by atoms with E-state index in [0.717, 1.165) is 34.7 Å². The molecule has 2 rings (SSSR count). The van der Waals surface area contributed by atoms with Crippen LogP contribution in [0.2, 0.25) is 0 Å². The van der Waals surface area contributed by atoms with Crippen LogP contribution in [-0.2, 0) is 14.2 Å². The van der Waals surface area contributed by atoms with Crippen molar-refractivity contribution in [3.63, 3.8) is 0 Å². The summed E-state index contributed by atoms with van der Waals surface area (Å²) in [5, 5.41) is 0. The van der Waals surface area contributed by atoms with E-state index in [1.807, 2.05) is 32.9 Å². The zero-order valence-electron chi connectivity index (χ0n) is 15.6. The monoisotopic (exact) mass is 347 g/mol. The van der Waals surface area contributed by atoms with Crippen molar-refractivity contribution in [3.8, 4) is 5.75 Å². The highest BCUT2D eigenvalue weighted by Gasteiger charge is 2.17. The number of nitrogens with two attached hydrogens (primary N) is 1. The fourth-order valence-corrected chi connectivity index (χ4v) is 2.86. The fourth-order valence-electron chi connectivity index (χ4n) is 2.86. The maximum atomic E-state index is 6.28. The topological polar surface area (TPSA) is 62.9 Å². The van der Waals surface area contributed by atoms with Gasteiger partial charge in [-0.1, -0.05) is 6.08 Å². The summed E-state index contributed by atoms with van der Waals surface area (Å²) in [6.45, 7) is 7.40. The molecular formula is C20H29NO4. The van der Waals surface area contributed by atoms with Gasteiger partial charge < -0.3 is 24.7 Å². The summed E-state index contributed by atoms with van der Waals surface area (Å²) >= 11 is 0. The molecule has 0 amide bonds. The van der Waals surface area contributed by atoms with Crippen molar-refractivity contribution in [3.05, 3.63) is 47.2 Å². The molecule has 25 heavy (non-hydrogen) atoms. The normalized spacial score (nSPS) is 16.8. The van der Waals surface area contributed by atoms with Crippen LogP contribution in [0.3, 0.4) is 0 Å². The minimum absolute atomic E-state index is 0.256. The van der Waals surface area contributed by atoms with Gasteiger partial charge in [-0.2, -0.15) is 0 Å². The Morgan fingerprint density at radius 2 is 1.92 bits per heavy atom. The Kier molecular flexibility index (Phi) is 7.34. The molecule has 0 aromatic heterocycles. The molecule has 1 atom stereocenters. The summed E-state index contributed by atoms with van der Waals surface area (Å²) < 4.78 is 22.1. The molecule has 0 heterocycles. The van der Waals surface area contributed by atoms with Crippen LogP contribution in [0.15, 0.2) is 36.1 Å². The quantitative estimate of drug-likeness (QED) is 0.542. The van der Waals surface area contributed by atoms with Crippen molar-refractivity contribution in [2.45, 2.75) is 39.4 Å². The molecular weight excluding hydrogens is 318 g/mol. The molecule has 138 valence electrons. The maximum Gasteiger partial charge on any atom is 0.191 e. The molecule has 0 radical (unpaired) electrons. The largest absolute Gasteiger partial charge is 0.497 e. The lowest BCUT2D eigenvalue weighted by Crippen LogP contribution is -2.25. The Labute approximate surface area is 150 Å². The van der Waals surface area contributed by atoms with Gasteiger partial charge in [0.2, 0.25) is 0 Å². The van der Waals surface area contributed by atoms with Gasteiger partial charge in [-0.15, -0.1) is 0 Å². The van der Waals surface area contributed by atoms with E-state index >= 15 is 0 Å². The standard InChI is InChI=1S/C20H29NO4/c1-5-23-20(24-6-2)13-25-19-12-18(21)17(11-14(19)3)15-7-9-16(22-4)10-8-15/h7,9-12,15,20H,5-6,8,13,21H2,1-4H3. The molecule has 0 spiro atoms. The summed E-state index contributed by atoms with van der Waals surface area (Å²) in [5.74, 6) is 1.91. The van der Waals surface area contributed by atoms with Crippen molar-refractivity contribution in [1.29, 1.82) is 0 Å². The van der Waals surface area contributed by atoms with E-state index in [9.17, 15) is 0 Å². The second kappa shape index (κ2) is 9.49. The molecule has 5 nitrogen and oxygen atoms in total. The van der Waals surface area contributed by atoms with E-state index in [1.165, 1.54) is 0 Å². The van der Waals surface area contributed by atoms with Gasteiger partial charge in [-0.25, -0.2) is 0 Å². The van der Waals surface area contributed by atoms with Crippen molar-refractivity contribution in [2.24, 2.45) is 0 Å². The first-order valence-electron chi connectivity index (χ1n) is 8.77. The van der Waals surface area contributed by atoms with E-state index in [2.05, 4.69) is 18.2 Å². The molecule has 1 aliphatic carbocycles. The van der Waals surface area contributed by atoms with Gasteiger partial charge in [0.15, 0.2) is 6.29 Å². The summed E-state index contributed by atoms with van der Waals surface area (Å²) in [4.78, 5) is 0. The third kappa shape index (κ3) is 5.25. The fraction of sp³-hybridized carbons (Fsp3) is 0.500. The molecule has 1 aromatic rings. The molecule has 2 N–H and O–H groups in total. The van der Waals surface area contributed by atoms with Crippen molar-refractivity contribution >= 4 is 5.69 Å². The molecule has 1 aliphatic rings. The van der Waals surface area contributed by atoms with Crippen LogP contribution in [-0.4, -0.2) is 33.2 Å².